The first-order valence-electron chi connectivity index (χ1n) is 8.10. The summed E-state index contributed by atoms with van der Waals surface area (Å²) in [7, 11) is 0. The standard InChI is InChI=1S/C15H31NO5/c1-2-7-20-8-5-3-4-6-9-21-13-10-16-12(11-17)14(18)15(13)19/h12-19H,2-11H2,1H3/t12?,13-,14+,15+/m0/s1. The van der Waals surface area contributed by atoms with Crippen molar-refractivity contribution in [3.8, 4) is 0 Å². The Bertz CT molecular complexity index is 254. The van der Waals surface area contributed by atoms with Gasteiger partial charge in [-0.05, 0) is 19.3 Å². The average molecular weight is 305 g/mol. The van der Waals surface area contributed by atoms with Gasteiger partial charge in [-0.1, -0.05) is 19.8 Å². The van der Waals surface area contributed by atoms with Crippen LogP contribution in [0.3, 0.4) is 0 Å². The first-order chi connectivity index (χ1) is 10.2. The van der Waals surface area contributed by atoms with Crippen LogP contribution in [0.5, 0.6) is 0 Å². The summed E-state index contributed by atoms with van der Waals surface area (Å²) in [5, 5.41) is 31.7. The minimum atomic E-state index is -0.982. The molecule has 0 saturated carbocycles. The number of piperidine rings is 1. The number of hydrogen-bond acceptors (Lipinski definition) is 6. The minimum Gasteiger partial charge on any atom is -0.395 e. The van der Waals surface area contributed by atoms with Gasteiger partial charge in [0.25, 0.3) is 0 Å². The Morgan fingerprint density at radius 3 is 2.38 bits per heavy atom. The van der Waals surface area contributed by atoms with E-state index in [1.807, 2.05) is 0 Å². The molecule has 126 valence electrons. The number of aliphatic hydroxyl groups excluding tert-OH is 3. The van der Waals surface area contributed by atoms with Crippen LogP contribution >= 0.6 is 0 Å². The summed E-state index contributed by atoms with van der Waals surface area (Å²) in [6, 6.07) is -0.469. The molecule has 4 atom stereocenters. The number of unbranched alkanes of at least 4 members (excludes halogenated alkanes) is 3. The van der Waals surface area contributed by atoms with Crippen molar-refractivity contribution in [3.63, 3.8) is 0 Å². The lowest BCUT2D eigenvalue weighted by molar-refractivity contribution is -0.124. The number of aliphatic hydroxyl groups is 3. The highest BCUT2D eigenvalue weighted by Gasteiger charge is 2.37. The molecule has 1 aliphatic rings. The average Bonchev–Trinajstić information content (AvgIpc) is 2.50. The molecule has 0 amide bonds. The molecule has 1 saturated heterocycles. The van der Waals surface area contributed by atoms with E-state index in [0.29, 0.717) is 13.2 Å². The smallest absolute Gasteiger partial charge is 0.109 e. The fourth-order valence-electron chi connectivity index (χ4n) is 2.44. The number of rotatable bonds is 11. The van der Waals surface area contributed by atoms with E-state index in [1.165, 1.54) is 0 Å². The Labute approximate surface area is 127 Å². The van der Waals surface area contributed by atoms with Gasteiger partial charge >= 0.3 is 0 Å². The minimum absolute atomic E-state index is 0.189. The van der Waals surface area contributed by atoms with Crippen molar-refractivity contribution in [3.05, 3.63) is 0 Å². The fraction of sp³-hybridized carbons (Fsp3) is 1.00. The maximum atomic E-state index is 9.92. The van der Waals surface area contributed by atoms with Crippen LogP contribution in [0.25, 0.3) is 0 Å². The number of hydrogen-bond donors (Lipinski definition) is 4. The summed E-state index contributed by atoms with van der Waals surface area (Å²) < 4.78 is 11.0. The van der Waals surface area contributed by atoms with Crippen LogP contribution in [0.1, 0.15) is 39.0 Å². The van der Waals surface area contributed by atoms with E-state index in [9.17, 15) is 10.2 Å². The molecule has 1 rings (SSSR count). The molecule has 0 bridgehead atoms. The summed E-state index contributed by atoms with van der Waals surface area (Å²) in [6.45, 7) is 4.61. The van der Waals surface area contributed by atoms with Crippen molar-refractivity contribution in [2.24, 2.45) is 0 Å². The monoisotopic (exact) mass is 305 g/mol. The molecule has 21 heavy (non-hydrogen) atoms. The highest BCUT2D eigenvalue weighted by molar-refractivity contribution is 4.92. The second-order valence-corrected chi connectivity index (χ2v) is 5.61. The van der Waals surface area contributed by atoms with Gasteiger partial charge < -0.3 is 30.1 Å². The van der Waals surface area contributed by atoms with Crippen LogP contribution in [0.2, 0.25) is 0 Å². The molecule has 6 heteroatoms. The second kappa shape index (κ2) is 11.3. The van der Waals surface area contributed by atoms with Gasteiger partial charge in [-0.15, -0.1) is 0 Å². The van der Waals surface area contributed by atoms with Gasteiger partial charge in [-0.2, -0.15) is 0 Å². The number of ether oxygens (including phenoxy) is 2. The molecule has 1 heterocycles. The van der Waals surface area contributed by atoms with Gasteiger partial charge in [-0.25, -0.2) is 0 Å². The Kier molecular flexibility index (Phi) is 10.2. The maximum absolute atomic E-state index is 9.92. The van der Waals surface area contributed by atoms with E-state index in [4.69, 9.17) is 14.6 Å². The van der Waals surface area contributed by atoms with Crippen LogP contribution in [0.4, 0.5) is 0 Å². The van der Waals surface area contributed by atoms with Crippen LogP contribution < -0.4 is 5.32 Å². The summed E-state index contributed by atoms with van der Waals surface area (Å²) in [5.41, 5.74) is 0. The lowest BCUT2D eigenvalue weighted by Gasteiger charge is -2.37. The van der Waals surface area contributed by atoms with E-state index in [1.54, 1.807) is 0 Å². The Balaban J connectivity index is 2.00. The zero-order valence-corrected chi connectivity index (χ0v) is 13.0. The fourth-order valence-corrected chi connectivity index (χ4v) is 2.44. The van der Waals surface area contributed by atoms with Crippen LogP contribution in [-0.2, 0) is 9.47 Å². The Hall–Kier alpha value is -0.240. The number of nitrogens with one attached hydrogen (secondary N) is 1. The summed E-state index contributed by atoms with van der Waals surface area (Å²) >= 11 is 0. The lowest BCUT2D eigenvalue weighted by atomic mass is 9.96. The van der Waals surface area contributed by atoms with E-state index < -0.39 is 24.4 Å². The van der Waals surface area contributed by atoms with Crippen molar-refractivity contribution >= 4 is 0 Å². The van der Waals surface area contributed by atoms with Crippen molar-refractivity contribution in [2.75, 3.05) is 33.0 Å². The van der Waals surface area contributed by atoms with Gasteiger partial charge in [0.2, 0.25) is 0 Å². The van der Waals surface area contributed by atoms with Gasteiger partial charge in [-0.3, -0.25) is 0 Å². The third kappa shape index (κ3) is 7.04. The molecule has 0 aromatic heterocycles. The van der Waals surface area contributed by atoms with Crippen molar-refractivity contribution in [1.82, 2.24) is 5.32 Å². The molecule has 1 fully saturated rings. The molecule has 4 N–H and O–H groups in total. The third-order valence-electron chi connectivity index (χ3n) is 3.78. The summed E-state index contributed by atoms with van der Waals surface area (Å²) in [6.07, 6.45) is 2.95. The predicted octanol–water partition coefficient (Wildman–Crippen LogP) is 0.0445. The molecule has 0 radical (unpaired) electrons. The first kappa shape index (κ1) is 18.8. The SMILES string of the molecule is CCCOCCCCCCO[C@H]1CNC(CO)[C@@H](O)[C@@H]1O. The van der Waals surface area contributed by atoms with Gasteiger partial charge in [0.15, 0.2) is 0 Å². The zero-order chi connectivity index (χ0) is 15.5. The van der Waals surface area contributed by atoms with Gasteiger partial charge in [0, 0.05) is 26.4 Å². The van der Waals surface area contributed by atoms with E-state index in [0.717, 1.165) is 45.3 Å². The molecule has 1 unspecified atom stereocenters. The Morgan fingerprint density at radius 1 is 1.00 bits per heavy atom. The van der Waals surface area contributed by atoms with Crippen molar-refractivity contribution in [1.29, 1.82) is 0 Å². The molecular formula is C15H31NO5. The Morgan fingerprint density at radius 2 is 1.71 bits per heavy atom. The third-order valence-corrected chi connectivity index (χ3v) is 3.78. The first-order valence-corrected chi connectivity index (χ1v) is 8.10. The summed E-state index contributed by atoms with van der Waals surface area (Å²) in [4.78, 5) is 0. The predicted molar refractivity (Wildman–Crippen MR) is 80.2 cm³/mol. The van der Waals surface area contributed by atoms with E-state index in [2.05, 4.69) is 12.2 Å². The van der Waals surface area contributed by atoms with Crippen molar-refractivity contribution in [2.45, 2.75) is 63.4 Å². The maximum Gasteiger partial charge on any atom is 0.109 e. The molecule has 1 aliphatic heterocycles. The van der Waals surface area contributed by atoms with E-state index in [-0.39, 0.29) is 6.61 Å². The molecular weight excluding hydrogens is 274 g/mol. The van der Waals surface area contributed by atoms with Gasteiger partial charge in [0.1, 0.15) is 6.10 Å². The second-order valence-electron chi connectivity index (χ2n) is 5.61. The van der Waals surface area contributed by atoms with Crippen LogP contribution in [-0.4, -0.2) is 72.6 Å². The van der Waals surface area contributed by atoms with Crippen LogP contribution in [0.15, 0.2) is 0 Å². The van der Waals surface area contributed by atoms with Gasteiger partial charge in [0.05, 0.1) is 24.9 Å². The highest BCUT2D eigenvalue weighted by atomic mass is 16.5. The summed E-state index contributed by atoms with van der Waals surface area (Å²) in [5.74, 6) is 0. The molecule has 0 aromatic rings. The molecule has 0 spiro atoms. The zero-order valence-electron chi connectivity index (χ0n) is 13.0. The molecule has 0 aliphatic carbocycles. The lowest BCUT2D eigenvalue weighted by Crippen LogP contribution is -2.61. The molecule has 6 nitrogen and oxygen atoms in total. The highest BCUT2D eigenvalue weighted by Crippen LogP contribution is 2.14. The normalized spacial score (nSPS) is 29.7. The molecule has 0 aromatic carbocycles. The quantitative estimate of drug-likeness (QED) is 0.403. The van der Waals surface area contributed by atoms with Crippen LogP contribution in [0, 0.1) is 0 Å². The van der Waals surface area contributed by atoms with E-state index >= 15 is 0 Å². The largest absolute Gasteiger partial charge is 0.395 e. The van der Waals surface area contributed by atoms with Crippen molar-refractivity contribution < 1.29 is 24.8 Å². The topological polar surface area (TPSA) is 91.2 Å².